The molecular formula is C12H18O. The van der Waals surface area contributed by atoms with Crippen molar-refractivity contribution in [3.05, 3.63) is 24.3 Å². The van der Waals surface area contributed by atoms with Gasteiger partial charge in [-0.25, -0.2) is 0 Å². The predicted molar refractivity (Wildman–Crippen MR) is 54.6 cm³/mol. The molecule has 0 radical (unpaired) electrons. The van der Waals surface area contributed by atoms with Crippen molar-refractivity contribution in [3.63, 3.8) is 0 Å². The number of ether oxygens (including phenoxy) is 1. The normalized spacial score (nSPS) is 36.9. The van der Waals surface area contributed by atoms with Crippen molar-refractivity contribution in [3.8, 4) is 0 Å². The van der Waals surface area contributed by atoms with Gasteiger partial charge in [0, 0.05) is 0 Å². The largest absolute Gasteiger partial charge is 0.369 e. The van der Waals surface area contributed by atoms with Crippen LogP contribution in [-0.2, 0) is 4.74 Å². The van der Waals surface area contributed by atoms with Crippen molar-refractivity contribution in [1.29, 1.82) is 0 Å². The first-order valence-corrected chi connectivity index (χ1v) is 5.42. The molecular weight excluding hydrogens is 160 g/mol. The summed E-state index contributed by atoms with van der Waals surface area (Å²) in [7, 11) is 0. The van der Waals surface area contributed by atoms with Crippen LogP contribution in [0, 0.1) is 0 Å². The lowest BCUT2D eigenvalue weighted by Crippen LogP contribution is -1.92. The Morgan fingerprint density at radius 2 is 1.62 bits per heavy atom. The fourth-order valence-electron chi connectivity index (χ4n) is 1.85. The number of epoxide rings is 1. The van der Waals surface area contributed by atoms with Gasteiger partial charge in [0.1, 0.15) is 0 Å². The van der Waals surface area contributed by atoms with Gasteiger partial charge in [0.25, 0.3) is 0 Å². The number of hydrogen-bond donors (Lipinski definition) is 0. The molecule has 1 aliphatic heterocycles. The van der Waals surface area contributed by atoms with Crippen LogP contribution in [0.25, 0.3) is 0 Å². The Balaban J connectivity index is 1.80. The fraction of sp³-hybridized carbons (Fsp3) is 0.667. The molecule has 2 atom stereocenters. The molecule has 1 nitrogen and oxygen atoms in total. The maximum absolute atomic E-state index is 5.56. The van der Waals surface area contributed by atoms with Gasteiger partial charge in [-0.05, 0) is 38.5 Å². The van der Waals surface area contributed by atoms with E-state index in [-0.39, 0.29) is 0 Å². The summed E-state index contributed by atoms with van der Waals surface area (Å²) < 4.78 is 5.56. The second kappa shape index (κ2) is 4.61. The Hall–Kier alpha value is -0.560. The number of rotatable bonds is 0. The van der Waals surface area contributed by atoms with Gasteiger partial charge in [-0.2, -0.15) is 0 Å². The second-order valence-corrected chi connectivity index (χ2v) is 3.90. The van der Waals surface area contributed by atoms with E-state index in [4.69, 9.17) is 4.74 Å². The van der Waals surface area contributed by atoms with E-state index in [0.717, 1.165) is 6.42 Å². The van der Waals surface area contributed by atoms with Crippen LogP contribution >= 0.6 is 0 Å². The molecule has 0 bridgehead atoms. The summed E-state index contributed by atoms with van der Waals surface area (Å²) in [5.74, 6) is 0. The van der Waals surface area contributed by atoms with Crippen LogP contribution in [-0.4, -0.2) is 12.2 Å². The van der Waals surface area contributed by atoms with E-state index in [2.05, 4.69) is 24.3 Å². The first-order chi connectivity index (χ1) is 6.47. The maximum atomic E-state index is 5.56. The Kier molecular flexibility index (Phi) is 3.20. The van der Waals surface area contributed by atoms with Gasteiger partial charge in [0.05, 0.1) is 12.2 Å². The minimum atomic E-state index is 0.555. The lowest BCUT2D eigenvalue weighted by molar-refractivity contribution is 0.361. The summed E-state index contributed by atoms with van der Waals surface area (Å²) >= 11 is 0. The van der Waals surface area contributed by atoms with Crippen LogP contribution in [0.1, 0.15) is 38.5 Å². The Morgan fingerprint density at radius 1 is 0.846 bits per heavy atom. The SMILES string of the molecule is C1=CCCCC2OC2C/C=C/CC1. The van der Waals surface area contributed by atoms with E-state index >= 15 is 0 Å². The van der Waals surface area contributed by atoms with E-state index in [0.29, 0.717) is 12.2 Å². The third-order valence-corrected chi connectivity index (χ3v) is 2.75. The van der Waals surface area contributed by atoms with Crippen LogP contribution in [0.15, 0.2) is 24.3 Å². The standard InChI is InChI=1S/C12H18O/c1-2-4-6-8-10-12-11(13-12)9-7-5-3-1/h1,3,6,8,11-12H,2,4-5,7,9-10H2/b3-1?,8-6+. The smallest absolute Gasteiger partial charge is 0.0876 e. The molecule has 1 heteroatoms. The summed E-state index contributed by atoms with van der Waals surface area (Å²) in [6.45, 7) is 0. The zero-order valence-electron chi connectivity index (χ0n) is 8.11. The van der Waals surface area contributed by atoms with Crippen LogP contribution in [0.4, 0.5) is 0 Å². The summed E-state index contributed by atoms with van der Waals surface area (Å²) in [5.41, 5.74) is 0. The van der Waals surface area contributed by atoms with Crippen LogP contribution < -0.4 is 0 Å². The highest BCUT2D eigenvalue weighted by atomic mass is 16.6. The summed E-state index contributed by atoms with van der Waals surface area (Å²) in [5, 5.41) is 0. The molecule has 0 aromatic carbocycles. The molecule has 13 heavy (non-hydrogen) atoms. The Morgan fingerprint density at radius 3 is 2.54 bits per heavy atom. The first-order valence-electron chi connectivity index (χ1n) is 5.42. The van der Waals surface area contributed by atoms with Gasteiger partial charge in [0.2, 0.25) is 0 Å². The lowest BCUT2D eigenvalue weighted by Gasteiger charge is -1.94. The van der Waals surface area contributed by atoms with Crippen molar-refractivity contribution < 1.29 is 4.74 Å². The molecule has 1 heterocycles. The molecule has 2 unspecified atom stereocenters. The Labute approximate surface area is 80.5 Å². The van der Waals surface area contributed by atoms with Crippen molar-refractivity contribution in [2.45, 2.75) is 50.7 Å². The third-order valence-electron chi connectivity index (χ3n) is 2.75. The topological polar surface area (TPSA) is 12.5 Å². The summed E-state index contributed by atoms with van der Waals surface area (Å²) in [6, 6.07) is 0. The quantitative estimate of drug-likeness (QED) is 0.410. The first kappa shape index (κ1) is 9.01. The molecule has 0 amide bonds. The van der Waals surface area contributed by atoms with Gasteiger partial charge in [0.15, 0.2) is 0 Å². The van der Waals surface area contributed by atoms with Crippen LogP contribution in [0.3, 0.4) is 0 Å². The van der Waals surface area contributed by atoms with Crippen molar-refractivity contribution >= 4 is 0 Å². The van der Waals surface area contributed by atoms with Crippen molar-refractivity contribution in [1.82, 2.24) is 0 Å². The molecule has 0 spiro atoms. The highest BCUT2D eigenvalue weighted by Gasteiger charge is 2.36. The van der Waals surface area contributed by atoms with E-state index in [1.165, 1.54) is 32.1 Å². The van der Waals surface area contributed by atoms with Crippen molar-refractivity contribution in [2.24, 2.45) is 0 Å². The van der Waals surface area contributed by atoms with E-state index in [1.807, 2.05) is 0 Å². The molecule has 1 saturated heterocycles. The van der Waals surface area contributed by atoms with Crippen molar-refractivity contribution in [2.75, 3.05) is 0 Å². The highest BCUT2D eigenvalue weighted by molar-refractivity contribution is 4.96. The molecule has 2 aliphatic rings. The summed E-state index contributed by atoms with van der Waals surface area (Å²) in [6.07, 6.45) is 17.6. The average Bonchev–Trinajstić information content (AvgIpc) is 2.83. The van der Waals surface area contributed by atoms with Gasteiger partial charge in [-0.3, -0.25) is 0 Å². The minimum Gasteiger partial charge on any atom is -0.369 e. The molecule has 1 fully saturated rings. The zero-order chi connectivity index (χ0) is 8.93. The monoisotopic (exact) mass is 178 g/mol. The molecule has 0 aromatic rings. The minimum absolute atomic E-state index is 0.555. The van der Waals surface area contributed by atoms with Gasteiger partial charge in [-0.1, -0.05) is 24.3 Å². The van der Waals surface area contributed by atoms with Gasteiger partial charge < -0.3 is 4.74 Å². The summed E-state index contributed by atoms with van der Waals surface area (Å²) in [4.78, 5) is 0. The second-order valence-electron chi connectivity index (χ2n) is 3.90. The molecule has 1 aliphatic carbocycles. The molecule has 72 valence electrons. The highest BCUT2D eigenvalue weighted by Crippen LogP contribution is 2.30. The van der Waals surface area contributed by atoms with E-state index in [1.54, 1.807) is 0 Å². The third kappa shape index (κ3) is 3.00. The lowest BCUT2D eigenvalue weighted by atomic mass is 10.1. The predicted octanol–water partition coefficient (Wildman–Crippen LogP) is 3.22. The number of hydrogen-bond acceptors (Lipinski definition) is 1. The van der Waals surface area contributed by atoms with Gasteiger partial charge >= 0.3 is 0 Å². The maximum Gasteiger partial charge on any atom is 0.0876 e. The zero-order valence-corrected chi connectivity index (χ0v) is 8.11. The molecule has 0 N–H and O–H groups in total. The fourth-order valence-corrected chi connectivity index (χ4v) is 1.85. The van der Waals surface area contributed by atoms with Gasteiger partial charge in [-0.15, -0.1) is 0 Å². The van der Waals surface area contributed by atoms with Crippen LogP contribution in [0.5, 0.6) is 0 Å². The molecule has 0 aromatic heterocycles. The Bertz CT molecular complexity index is 205. The van der Waals surface area contributed by atoms with Crippen LogP contribution in [0.2, 0.25) is 0 Å². The molecule has 2 rings (SSSR count). The number of allylic oxidation sites excluding steroid dienone is 3. The van der Waals surface area contributed by atoms with E-state index < -0.39 is 0 Å². The van der Waals surface area contributed by atoms with E-state index in [9.17, 15) is 0 Å². The number of fused-ring (bicyclic) bond motifs is 1. The molecule has 0 saturated carbocycles. The average molecular weight is 178 g/mol.